The highest BCUT2D eigenvalue weighted by molar-refractivity contribution is 6.06. The summed E-state index contributed by atoms with van der Waals surface area (Å²) in [5.74, 6) is -2.56. The van der Waals surface area contributed by atoms with Gasteiger partial charge in [0.05, 0.1) is 30.1 Å². The quantitative estimate of drug-likeness (QED) is 0.432. The van der Waals surface area contributed by atoms with Gasteiger partial charge in [0, 0.05) is 44.1 Å². The number of amides is 3. The minimum atomic E-state index is -1.40. The average Bonchev–Trinajstić information content (AvgIpc) is 3.32. The van der Waals surface area contributed by atoms with Gasteiger partial charge in [-0.1, -0.05) is 61.6 Å². The van der Waals surface area contributed by atoms with E-state index in [0.717, 1.165) is 25.2 Å². The highest BCUT2D eigenvalue weighted by Gasteiger charge is 2.75. The molecule has 1 spiro atoms. The molecule has 4 heterocycles. The zero-order valence-electron chi connectivity index (χ0n) is 26.6. The van der Waals surface area contributed by atoms with Crippen LogP contribution in [0.15, 0.2) is 78.9 Å². The summed E-state index contributed by atoms with van der Waals surface area (Å²) in [6.07, 6.45) is 8.37. The van der Waals surface area contributed by atoms with Crippen molar-refractivity contribution < 1.29 is 24.2 Å². The van der Waals surface area contributed by atoms with Gasteiger partial charge in [-0.25, -0.2) is 0 Å². The standard InChI is InChI=1S/C36H44N4O5/c1-5-21-38-22-11-19-35(4)29(32(38)42)30-33(43)40(28(24-41)25-13-9-8-10-14-25)31-34(44)39(23-12-20-36(30,31)45-35)27-17-15-26(16-18-27)37(6-2)7-3/h8-20,28-31,41H,5-7,21-24H2,1-4H3/t28-,29-,30+,31?,35+,36+/m1/s1. The van der Waals surface area contributed by atoms with Gasteiger partial charge < -0.3 is 29.4 Å². The van der Waals surface area contributed by atoms with Gasteiger partial charge >= 0.3 is 0 Å². The summed E-state index contributed by atoms with van der Waals surface area (Å²) in [4.78, 5) is 51.3. The van der Waals surface area contributed by atoms with Crippen LogP contribution in [0.3, 0.4) is 0 Å². The molecule has 2 aromatic carbocycles. The lowest BCUT2D eigenvalue weighted by Gasteiger charge is -2.40. The zero-order valence-corrected chi connectivity index (χ0v) is 26.6. The molecule has 3 amide bonds. The number of likely N-dealkylation sites (tertiary alicyclic amines) is 1. The van der Waals surface area contributed by atoms with E-state index in [0.29, 0.717) is 24.3 Å². The van der Waals surface area contributed by atoms with Crippen molar-refractivity contribution in [1.82, 2.24) is 9.80 Å². The van der Waals surface area contributed by atoms with Gasteiger partial charge in [0.1, 0.15) is 11.6 Å². The molecular formula is C36H44N4O5. The predicted molar refractivity (Wildman–Crippen MR) is 174 cm³/mol. The van der Waals surface area contributed by atoms with Gasteiger partial charge in [-0.15, -0.1) is 0 Å². The average molecular weight is 613 g/mol. The first-order valence-electron chi connectivity index (χ1n) is 16.2. The third-order valence-corrected chi connectivity index (χ3v) is 10.1. The SMILES string of the molecule is CCCN1CC=C[C@]2(C)O[C@]34C=CCN(c5ccc(N(CC)CC)cc5)C(=O)C3N([C@H](CO)c3ccccc3)C(=O)[C@@H]4[C@@H]2C1=O. The lowest BCUT2D eigenvalue weighted by atomic mass is 9.74. The molecule has 2 aromatic rings. The Balaban J connectivity index is 1.48. The second-order valence-corrected chi connectivity index (χ2v) is 12.6. The first-order chi connectivity index (χ1) is 21.7. The molecule has 9 nitrogen and oxygen atoms in total. The van der Waals surface area contributed by atoms with E-state index in [-0.39, 0.29) is 30.9 Å². The molecule has 0 saturated carbocycles. The Labute approximate surface area is 265 Å². The van der Waals surface area contributed by atoms with Crippen molar-refractivity contribution in [3.8, 4) is 0 Å². The molecule has 4 aliphatic heterocycles. The summed E-state index contributed by atoms with van der Waals surface area (Å²) in [5.41, 5.74) is -0.00806. The number of hydrogen-bond donors (Lipinski definition) is 1. The van der Waals surface area contributed by atoms with Crippen LogP contribution >= 0.6 is 0 Å². The first kappa shape index (κ1) is 31.0. The highest BCUT2D eigenvalue weighted by Crippen LogP contribution is 2.58. The molecule has 1 unspecified atom stereocenters. The number of aliphatic hydroxyl groups excluding tert-OH is 1. The van der Waals surface area contributed by atoms with E-state index in [4.69, 9.17) is 4.74 Å². The number of hydrogen-bond acceptors (Lipinski definition) is 6. The number of ether oxygens (including phenoxy) is 1. The van der Waals surface area contributed by atoms with Gasteiger partial charge in [0.15, 0.2) is 0 Å². The van der Waals surface area contributed by atoms with Crippen LogP contribution < -0.4 is 9.80 Å². The summed E-state index contributed by atoms with van der Waals surface area (Å²) in [7, 11) is 0. The first-order valence-corrected chi connectivity index (χ1v) is 16.2. The molecule has 238 valence electrons. The van der Waals surface area contributed by atoms with Gasteiger partial charge in [-0.2, -0.15) is 0 Å². The largest absolute Gasteiger partial charge is 0.394 e. The number of anilines is 2. The maximum Gasteiger partial charge on any atom is 0.253 e. The number of aliphatic hydroxyl groups is 1. The molecule has 6 atom stereocenters. The minimum Gasteiger partial charge on any atom is -0.394 e. The molecule has 2 fully saturated rings. The summed E-state index contributed by atoms with van der Waals surface area (Å²) in [6, 6.07) is 15.3. The normalized spacial score (nSPS) is 29.8. The third kappa shape index (κ3) is 4.88. The number of carbonyl (C=O) groups is 3. The fraction of sp³-hybridized carbons (Fsp3) is 0.472. The van der Waals surface area contributed by atoms with Gasteiger partial charge in [0.2, 0.25) is 11.8 Å². The number of benzene rings is 2. The van der Waals surface area contributed by atoms with Crippen molar-refractivity contribution in [3.63, 3.8) is 0 Å². The van der Waals surface area contributed by atoms with Crippen molar-refractivity contribution >= 4 is 29.1 Å². The summed E-state index contributed by atoms with van der Waals surface area (Å²) in [6.45, 7) is 10.7. The van der Waals surface area contributed by atoms with Crippen LogP contribution in [0, 0.1) is 11.8 Å². The van der Waals surface area contributed by atoms with Crippen LogP contribution in [0.1, 0.15) is 45.7 Å². The number of fused-ring (bicyclic) bond motifs is 2. The molecule has 0 radical (unpaired) electrons. The van der Waals surface area contributed by atoms with Crippen LogP contribution in [-0.2, 0) is 19.1 Å². The van der Waals surface area contributed by atoms with Crippen molar-refractivity contribution in [3.05, 3.63) is 84.5 Å². The monoisotopic (exact) mass is 612 g/mol. The molecule has 0 aliphatic carbocycles. The Hall–Kier alpha value is -3.95. The van der Waals surface area contributed by atoms with Crippen LogP contribution in [0.4, 0.5) is 11.4 Å². The fourth-order valence-electron chi connectivity index (χ4n) is 8.01. The lowest BCUT2D eigenvalue weighted by molar-refractivity contribution is -0.151. The summed E-state index contributed by atoms with van der Waals surface area (Å²) in [5, 5.41) is 10.8. The Morgan fingerprint density at radius 3 is 2.22 bits per heavy atom. The van der Waals surface area contributed by atoms with E-state index in [2.05, 4.69) is 18.7 Å². The number of rotatable bonds is 9. The maximum absolute atomic E-state index is 14.9. The van der Waals surface area contributed by atoms with E-state index in [9.17, 15) is 19.5 Å². The zero-order chi connectivity index (χ0) is 31.9. The van der Waals surface area contributed by atoms with Gasteiger partial charge in [-0.3, -0.25) is 14.4 Å². The highest BCUT2D eigenvalue weighted by atomic mass is 16.5. The topological polar surface area (TPSA) is 93.6 Å². The molecule has 1 N–H and O–H groups in total. The van der Waals surface area contributed by atoms with Crippen LogP contribution in [0.25, 0.3) is 0 Å². The van der Waals surface area contributed by atoms with Crippen molar-refractivity contribution in [2.45, 2.75) is 57.4 Å². The van der Waals surface area contributed by atoms with E-state index < -0.39 is 35.1 Å². The second-order valence-electron chi connectivity index (χ2n) is 12.6. The van der Waals surface area contributed by atoms with E-state index in [1.165, 1.54) is 4.90 Å². The van der Waals surface area contributed by atoms with E-state index in [1.54, 1.807) is 9.80 Å². The van der Waals surface area contributed by atoms with Crippen molar-refractivity contribution in [2.24, 2.45) is 11.8 Å². The maximum atomic E-state index is 14.9. The predicted octanol–water partition coefficient (Wildman–Crippen LogP) is 3.95. The Bertz CT molecular complexity index is 1490. The molecular weight excluding hydrogens is 568 g/mol. The third-order valence-electron chi connectivity index (χ3n) is 10.1. The lowest BCUT2D eigenvalue weighted by Crippen LogP contribution is -2.57. The Kier molecular flexibility index (Phi) is 8.35. The Morgan fingerprint density at radius 1 is 0.889 bits per heavy atom. The molecule has 0 aromatic heterocycles. The van der Waals surface area contributed by atoms with Crippen LogP contribution in [0.2, 0.25) is 0 Å². The van der Waals surface area contributed by atoms with E-state index in [1.807, 2.05) is 92.7 Å². The smallest absolute Gasteiger partial charge is 0.253 e. The van der Waals surface area contributed by atoms with Gasteiger partial charge in [0.25, 0.3) is 5.91 Å². The fourth-order valence-corrected chi connectivity index (χ4v) is 8.01. The molecule has 9 heteroatoms. The molecule has 0 bridgehead atoms. The minimum absolute atomic E-state index is 0.144. The molecule has 4 aliphatic rings. The van der Waals surface area contributed by atoms with E-state index >= 15 is 0 Å². The van der Waals surface area contributed by atoms with Crippen molar-refractivity contribution in [2.75, 3.05) is 49.1 Å². The summed E-state index contributed by atoms with van der Waals surface area (Å²) < 4.78 is 6.97. The van der Waals surface area contributed by atoms with Crippen LogP contribution in [-0.4, -0.2) is 89.2 Å². The number of carbonyl (C=O) groups excluding carboxylic acids is 3. The Morgan fingerprint density at radius 2 is 1.58 bits per heavy atom. The number of nitrogens with zero attached hydrogens (tertiary/aromatic N) is 4. The molecule has 45 heavy (non-hydrogen) atoms. The molecule has 2 saturated heterocycles. The van der Waals surface area contributed by atoms with Crippen LogP contribution in [0.5, 0.6) is 0 Å². The summed E-state index contributed by atoms with van der Waals surface area (Å²) >= 11 is 0. The molecule has 6 rings (SSSR count). The van der Waals surface area contributed by atoms with Crippen molar-refractivity contribution in [1.29, 1.82) is 0 Å². The second kappa shape index (κ2) is 12.1. The van der Waals surface area contributed by atoms with Gasteiger partial charge in [-0.05, 0) is 57.0 Å².